The van der Waals surface area contributed by atoms with E-state index in [2.05, 4.69) is 20.9 Å². The molecule has 0 unspecified atom stereocenters. The average molecular weight is 264 g/mol. The lowest BCUT2D eigenvalue weighted by atomic mass is 10.2. The van der Waals surface area contributed by atoms with Gasteiger partial charge in [-0.25, -0.2) is 8.42 Å². The molecule has 0 saturated heterocycles. The molecule has 0 saturated carbocycles. The van der Waals surface area contributed by atoms with E-state index in [-0.39, 0.29) is 5.75 Å². The third kappa shape index (κ3) is 3.08. The van der Waals surface area contributed by atoms with Crippen LogP contribution in [0.1, 0.15) is 11.3 Å². The summed E-state index contributed by atoms with van der Waals surface area (Å²) in [7, 11) is -2.99. The summed E-state index contributed by atoms with van der Waals surface area (Å²) in [5.74, 6) is 0.0350. The first kappa shape index (κ1) is 10.7. The predicted octanol–water partition coefficient (Wildman–Crippen LogP) is 1.70. The van der Waals surface area contributed by atoms with Crippen LogP contribution in [0, 0.1) is 6.92 Å². The van der Waals surface area contributed by atoms with Crippen LogP contribution in [0.25, 0.3) is 0 Å². The van der Waals surface area contributed by atoms with Gasteiger partial charge in [0.15, 0.2) is 9.84 Å². The first-order valence-electron chi connectivity index (χ1n) is 3.68. The van der Waals surface area contributed by atoms with Gasteiger partial charge in [0.1, 0.15) is 0 Å². The molecule has 5 heteroatoms. The topological polar surface area (TPSA) is 47.0 Å². The predicted molar refractivity (Wildman–Crippen MR) is 55.2 cm³/mol. The van der Waals surface area contributed by atoms with E-state index in [0.717, 1.165) is 15.7 Å². The molecule has 0 aliphatic heterocycles. The largest absolute Gasteiger partial charge is 0.261 e. The van der Waals surface area contributed by atoms with Gasteiger partial charge < -0.3 is 0 Å². The standard InChI is InChI=1S/C8H10BrNO2S/c1-6-7(5-13(2,11)12)8(9)3-4-10-6/h3-4H,5H2,1-2H3. The highest BCUT2D eigenvalue weighted by Gasteiger charge is 2.10. The molecule has 0 atom stereocenters. The maximum Gasteiger partial charge on any atom is 0.151 e. The Bertz CT molecular complexity index is 394. The van der Waals surface area contributed by atoms with Crippen LogP contribution in [-0.4, -0.2) is 19.7 Å². The van der Waals surface area contributed by atoms with E-state index in [0.29, 0.717) is 0 Å². The lowest BCUT2D eigenvalue weighted by molar-refractivity contribution is 0.600. The molecule has 0 amide bonds. The van der Waals surface area contributed by atoms with E-state index in [1.807, 2.05) is 0 Å². The van der Waals surface area contributed by atoms with Crippen LogP contribution < -0.4 is 0 Å². The third-order valence-corrected chi connectivity index (χ3v) is 3.18. The Morgan fingerprint density at radius 3 is 2.62 bits per heavy atom. The highest BCUT2D eigenvalue weighted by Crippen LogP contribution is 2.20. The summed E-state index contributed by atoms with van der Waals surface area (Å²) in [6.45, 7) is 1.80. The molecule has 0 spiro atoms. The summed E-state index contributed by atoms with van der Waals surface area (Å²) >= 11 is 3.30. The Labute approximate surface area is 86.2 Å². The molecule has 3 nitrogen and oxygen atoms in total. The van der Waals surface area contributed by atoms with E-state index in [1.54, 1.807) is 19.2 Å². The van der Waals surface area contributed by atoms with E-state index in [4.69, 9.17) is 0 Å². The smallest absolute Gasteiger partial charge is 0.151 e. The first-order chi connectivity index (χ1) is 5.90. The molecule has 1 heterocycles. The van der Waals surface area contributed by atoms with Gasteiger partial charge in [0, 0.05) is 28.2 Å². The van der Waals surface area contributed by atoms with Crippen molar-refractivity contribution < 1.29 is 8.42 Å². The van der Waals surface area contributed by atoms with Crippen molar-refractivity contribution in [3.63, 3.8) is 0 Å². The van der Waals surface area contributed by atoms with Crippen LogP contribution in [0.15, 0.2) is 16.7 Å². The summed E-state index contributed by atoms with van der Waals surface area (Å²) in [6, 6.07) is 1.74. The van der Waals surface area contributed by atoms with Gasteiger partial charge in [-0.05, 0) is 13.0 Å². The molecule has 1 aromatic heterocycles. The molecule has 72 valence electrons. The molecular weight excluding hydrogens is 254 g/mol. The summed E-state index contributed by atoms with van der Waals surface area (Å²) < 4.78 is 22.9. The van der Waals surface area contributed by atoms with Crippen molar-refractivity contribution in [2.45, 2.75) is 12.7 Å². The highest BCUT2D eigenvalue weighted by atomic mass is 79.9. The van der Waals surface area contributed by atoms with Crippen LogP contribution >= 0.6 is 15.9 Å². The normalized spacial score (nSPS) is 11.6. The third-order valence-electron chi connectivity index (χ3n) is 1.62. The van der Waals surface area contributed by atoms with Crippen LogP contribution in [-0.2, 0) is 15.6 Å². The molecule has 0 aromatic carbocycles. The minimum absolute atomic E-state index is 0.0350. The van der Waals surface area contributed by atoms with Crippen molar-refractivity contribution in [3.8, 4) is 0 Å². The number of sulfone groups is 1. The van der Waals surface area contributed by atoms with Gasteiger partial charge >= 0.3 is 0 Å². The second-order valence-corrected chi connectivity index (χ2v) is 5.92. The second-order valence-electron chi connectivity index (χ2n) is 2.93. The van der Waals surface area contributed by atoms with Crippen molar-refractivity contribution in [2.75, 3.05) is 6.26 Å². The number of aromatic nitrogens is 1. The molecule has 0 aliphatic rings. The van der Waals surface area contributed by atoms with E-state index < -0.39 is 9.84 Å². The number of hydrogen-bond acceptors (Lipinski definition) is 3. The van der Waals surface area contributed by atoms with E-state index >= 15 is 0 Å². The Hall–Kier alpha value is -0.420. The number of hydrogen-bond donors (Lipinski definition) is 0. The van der Waals surface area contributed by atoms with Gasteiger partial charge in [0.25, 0.3) is 0 Å². The lowest BCUT2D eigenvalue weighted by Gasteiger charge is -2.05. The molecule has 0 fully saturated rings. The minimum atomic E-state index is -2.99. The second kappa shape index (κ2) is 3.75. The SMILES string of the molecule is Cc1nccc(Br)c1CS(C)(=O)=O. The van der Waals surface area contributed by atoms with E-state index in [9.17, 15) is 8.42 Å². The van der Waals surface area contributed by atoms with Crippen molar-refractivity contribution in [1.29, 1.82) is 0 Å². The Kier molecular flexibility index (Phi) is 3.08. The number of rotatable bonds is 2. The molecule has 1 aromatic rings. The van der Waals surface area contributed by atoms with Crippen molar-refractivity contribution >= 4 is 25.8 Å². The summed E-state index contributed by atoms with van der Waals surface area (Å²) in [6.07, 6.45) is 2.86. The first-order valence-corrected chi connectivity index (χ1v) is 6.53. The number of aryl methyl sites for hydroxylation is 1. The van der Waals surface area contributed by atoms with Crippen molar-refractivity contribution in [3.05, 3.63) is 28.0 Å². The average Bonchev–Trinajstić information content (AvgIpc) is 1.95. The molecule has 1 rings (SSSR count). The zero-order chi connectivity index (χ0) is 10.1. The quantitative estimate of drug-likeness (QED) is 0.816. The molecule has 0 radical (unpaired) electrons. The van der Waals surface area contributed by atoms with Gasteiger partial charge in [-0.15, -0.1) is 0 Å². The Balaban J connectivity index is 3.15. The van der Waals surface area contributed by atoms with Crippen molar-refractivity contribution in [2.24, 2.45) is 0 Å². The maximum absolute atomic E-state index is 11.1. The van der Waals surface area contributed by atoms with Gasteiger partial charge in [-0.1, -0.05) is 15.9 Å². The molecule has 0 bridgehead atoms. The van der Waals surface area contributed by atoms with Gasteiger partial charge in [-0.2, -0.15) is 0 Å². The summed E-state index contributed by atoms with van der Waals surface area (Å²) in [5.41, 5.74) is 1.49. The summed E-state index contributed by atoms with van der Waals surface area (Å²) in [4.78, 5) is 4.03. The Morgan fingerprint density at radius 1 is 1.54 bits per heavy atom. The zero-order valence-electron chi connectivity index (χ0n) is 7.41. The van der Waals surface area contributed by atoms with Crippen LogP contribution in [0.3, 0.4) is 0 Å². The maximum atomic E-state index is 11.1. The Morgan fingerprint density at radius 2 is 2.15 bits per heavy atom. The molecular formula is C8H10BrNO2S. The fourth-order valence-corrected chi connectivity index (χ4v) is 2.62. The molecule has 0 aliphatic carbocycles. The molecule has 0 N–H and O–H groups in total. The minimum Gasteiger partial charge on any atom is -0.261 e. The lowest BCUT2D eigenvalue weighted by Crippen LogP contribution is -2.04. The fourth-order valence-electron chi connectivity index (χ4n) is 1.00. The van der Waals surface area contributed by atoms with Crippen LogP contribution in [0.4, 0.5) is 0 Å². The monoisotopic (exact) mass is 263 g/mol. The van der Waals surface area contributed by atoms with Gasteiger partial charge in [-0.3, -0.25) is 4.98 Å². The fraction of sp³-hybridized carbons (Fsp3) is 0.375. The van der Waals surface area contributed by atoms with Gasteiger partial charge in [0.05, 0.1) is 5.75 Å². The number of nitrogens with zero attached hydrogens (tertiary/aromatic N) is 1. The zero-order valence-corrected chi connectivity index (χ0v) is 9.81. The van der Waals surface area contributed by atoms with Gasteiger partial charge in [0.2, 0.25) is 0 Å². The van der Waals surface area contributed by atoms with Crippen molar-refractivity contribution in [1.82, 2.24) is 4.98 Å². The number of halogens is 1. The van der Waals surface area contributed by atoms with E-state index in [1.165, 1.54) is 6.26 Å². The summed E-state index contributed by atoms with van der Waals surface area (Å²) in [5, 5.41) is 0. The number of pyridine rings is 1. The molecule has 13 heavy (non-hydrogen) atoms. The van der Waals surface area contributed by atoms with Crippen LogP contribution in [0.2, 0.25) is 0 Å². The highest BCUT2D eigenvalue weighted by molar-refractivity contribution is 9.10. The van der Waals surface area contributed by atoms with Crippen LogP contribution in [0.5, 0.6) is 0 Å².